The molecule has 4 heteroatoms. The molecule has 0 bridgehead atoms. The largest absolute Gasteiger partial charge is 0.493 e. The van der Waals surface area contributed by atoms with Crippen molar-refractivity contribution in [1.82, 2.24) is 5.32 Å². The Morgan fingerprint density at radius 3 is 2.33 bits per heavy atom. The Hall–Kier alpha value is -0.930. The van der Waals surface area contributed by atoms with Crippen molar-refractivity contribution in [3.63, 3.8) is 0 Å². The number of halogens is 1. The van der Waals surface area contributed by atoms with Crippen molar-refractivity contribution in [3.8, 4) is 5.75 Å². The molecule has 3 nitrogen and oxygen atoms in total. The van der Waals surface area contributed by atoms with E-state index in [9.17, 15) is 0 Å². The van der Waals surface area contributed by atoms with E-state index in [2.05, 4.69) is 48.3 Å². The number of nitrogens with one attached hydrogen (secondary N) is 1. The summed E-state index contributed by atoms with van der Waals surface area (Å²) in [4.78, 5) is 2.41. The SMILES string of the molecule is CC(C)COc1ccc(N2CCNCC2)cc1.Cl. The van der Waals surface area contributed by atoms with Gasteiger partial charge in [-0.05, 0) is 30.2 Å². The van der Waals surface area contributed by atoms with Gasteiger partial charge in [0.25, 0.3) is 0 Å². The Balaban J connectivity index is 0.00000162. The molecule has 2 rings (SSSR count). The minimum absolute atomic E-state index is 0. The Labute approximate surface area is 116 Å². The van der Waals surface area contributed by atoms with Crippen LogP contribution in [0.3, 0.4) is 0 Å². The average Bonchev–Trinajstić information content (AvgIpc) is 2.38. The third kappa shape index (κ3) is 4.39. The lowest BCUT2D eigenvalue weighted by molar-refractivity contribution is 0.271. The number of benzene rings is 1. The first-order chi connectivity index (χ1) is 8.25. The summed E-state index contributed by atoms with van der Waals surface area (Å²) in [5.41, 5.74) is 1.29. The summed E-state index contributed by atoms with van der Waals surface area (Å²) in [6.45, 7) is 9.44. The number of hydrogen-bond acceptors (Lipinski definition) is 3. The van der Waals surface area contributed by atoms with Crippen LogP contribution in [0, 0.1) is 5.92 Å². The maximum atomic E-state index is 5.68. The zero-order chi connectivity index (χ0) is 12.1. The second-order valence-electron chi connectivity index (χ2n) is 4.94. The molecule has 18 heavy (non-hydrogen) atoms. The Morgan fingerprint density at radius 2 is 1.78 bits per heavy atom. The Kier molecular flexibility index (Phi) is 6.30. The van der Waals surface area contributed by atoms with Crippen molar-refractivity contribution in [2.75, 3.05) is 37.7 Å². The molecule has 1 aliphatic heterocycles. The molecule has 1 fully saturated rings. The zero-order valence-electron chi connectivity index (χ0n) is 11.2. The summed E-state index contributed by atoms with van der Waals surface area (Å²) in [6, 6.07) is 8.45. The van der Waals surface area contributed by atoms with Gasteiger partial charge in [0.2, 0.25) is 0 Å². The van der Waals surface area contributed by atoms with E-state index in [4.69, 9.17) is 4.74 Å². The molecule has 1 saturated heterocycles. The van der Waals surface area contributed by atoms with Crippen LogP contribution in [-0.4, -0.2) is 32.8 Å². The van der Waals surface area contributed by atoms with E-state index >= 15 is 0 Å². The number of anilines is 1. The lowest BCUT2D eigenvalue weighted by Gasteiger charge is -2.29. The van der Waals surface area contributed by atoms with Gasteiger partial charge in [0.05, 0.1) is 6.61 Å². The normalized spacial score (nSPS) is 15.4. The van der Waals surface area contributed by atoms with Crippen LogP contribution in [0.4, 0.5) is 5.69 Å². The molecule has 1 N–H and O–H groups in total. The van der Waals surface area contributed by atoms with Crippen molar-refractivity contribution in [3.05, 3.63) is 24.3 Å². The highest BCUT2D eigenvalue weighted by Crippen LogP contribution is 2.20. The van der Waals surface area contributed by atoms with Gasteiger partial charge in [0.1, 0.15) is 5.75 Å². The van der Waals surface area contributed by atoms with E-state index in [1.807, 2.05) is 0 Å². The van der Waals surface area contributed by atoms with Gasteiger partial charge in [-0.1, -0.05) is 13.8 Å². The predicted octanol–water partition coefficient (Wildman–Crippen LogP) is 2.55. The van der Waals surface area contributed by atoms with Crippen molar-refractivity contribution < 1.29 is 4.74 Å². The standard InChI is InChI=1S/C14H22N2O.ClH/c1-12(2)11-17-14-5-3-13(4-6-14)16-9-7-15-8-10-16;/h3-6,12,15H,7-11H2,1-2H3;1H. The van der Waals surface area contributed by atoms with Crippen molar-refractivity contribution in [2.45, 2.75) is 13.8 Å². The molecule has 0 aromatic heterocycles. The average molecular weight is 271 g/mol. The van der Waals surface area contributed by atoms with Crippen LogP contribution in [0.25, 0.3) is 0 Å². The van der Waals surface area contributed by atoms with Crippen LogP contribution in [0.15, 0.2) is 24.3 Å². The maximum Gasteiger partial charge on any atom is 0.119 e. The molecule has 102 valence electrons. The molecule has 1 aromatic rings. The topological polar surface area (TPSA) is 24.5 Å². The molecule has 0 spiro atoms. The summed E-state index contributed by atoms with van der Waals surface area (Å²) >= 11 is 0. The van der Waals surface area contributed by atoms with Crippen molar-refractivity contribution in [2.24, 2.45) is 5.92 Å². The molecule has 0 aliphatic carbocycles. The second kappa shape index (κ2) is 7.49. The highest BCUT2D eigenvalue weighted by atomic mass is 35.5. The van der Waals surface area contributed by atoms with Gasteiger partial charge >= 0.3 is 0 Å². The highest BCUT2D eigenvalue weighted by Gasteiger charge is 2.09. The van der Waals surface area contributed by atoms with Gasteiger partial charge in [-0.3, -0.25) is 0 Å². The summed E-state index contributed by atoms with van der Waals surface area (Å²) in [5.74, 6) is 1.54. The third-order valence-electron chi connectivity index (χ3n) is 2.90. The number of rotatable bonds is 4. The minimum atomic E-state index is 0. The fourth-order valence-electron chi connectivity index (χ4n) is 1.94. The summed E-state index contributed by atoms with van der Waals surface area (Å²) in [7, 11) is 0. The van der Waals surface area contributed by atoms with Crippen molar-refractivity contribution >= 4 is 18.1 Å². The second-order valence-corrected chi connectivity index (χ2v) is 4.94. The van der Waals surface area contributed by atoms with Crippen LogP contribution in [-0.2, 0) is 0 Å². The van der Waals surface area contributed by atoms with Gasteiger partial charge in [-0.15, -0.1) is 12.4 Å². The number of ether oxygens (including phenoxy) is 1. The molecule has 1 heterocycles. The van der Waals surface area contributed by atoms with Crippen LogP contribution < -0.4 is 15.0 Å². The summed E-state index contributed by atoms with van der Waals surface area (Å²) in [5, 5.41) is 3.36. The first-order valence-electron chi connectivity index (χ1n) is 6.44. The lowest BCUT2D eigenvalue weighted by Crippen LogP contribution is -2.43. The molecular weight excluding hydrogens is 248 g/mol. The van der Waals surface area contributed by atoms with E-state index in [-0.39, 0.29) is 12.4 Å². The first kappa shape index (κ1) is 15.1. The van der Waals surface area contributed by atoms with E-state index in [1.165, 1.54) is 5.69 Å². The molecule has 0 radical (unpaired) electrons. The van der Waals surface area contributed by atoms with Crippen LogP contribution >= 0.6 is 12.4 Å². The third-order valence-corrected chi connectivity index (χ3v) is 2.90. The molecule has 0 amide bonds. The molecular formula is C14H23ClN2O. The van der Waals surface area contributed by atoms with Gasteiger partial charge in [-0.2, -0.15) is 0 Å². The highest BCUT2D eigenvalue weighted by molar-refractivity contribution is 5.85. The van der Waals surface area contributed by atoms with Gasteiger partial charge < -0.3 is 15.0 Å². The minimum Gasteiger partial charge on any atom is -0.493 e. The number of hydrogen-bond donors (Lipinski definition) is 1. The molecule has 1 aromatic carbocycles. The van der Waals surface area contributed by atoms with E-state index in [0.717, 1.165) is 38.5 Å². The molecule has 1 aliphatic rings. The van der Waals surface area contributed by atoms with Crippen LogP contribution in [0.5, 0.6) is 5.75 Å². The zero-order valence-corrected chi connectivity index (χ0v) is 12.0. The monoisotopic (exact) mass is 270 g/mol. The predicted molar refractivity (Wildman–Crippen MR) is 79.1 cm³/mol. The first-order valence-corrected chi connectivity index (χ1v) is 6.44. The van der Waals surface area contributed by atoms with Gasteiger partial charge in [0, 0.05) is 31.9 Å². The Morgan fingerprint density at radius 1 is 1.17 bits per heavy atom. The Bertz CT molecular complexity index is 334. The fraction of sp³-hybridized carbons (Fsp3) is 0.571. The van der Waals surface area contributed by atoms with Crippen molar-refractivity contribution in [1.29, 1.82) is 0 Å². The van der Waals surface area contributed by atoms with E-state index in [1.54, 1.807) is 0 Å². The fourth-order valence-corrected chi connectivity index (χ4v) is 1.94. The van der Waals surface area contributed by atoms with Crippen LogP contribution in [0.1, 0.15) is 13.8 Å². The van der Waals surface area contributed by atoms with Gasteiger partial charge in [0.15, 0.2) is 0 Å². The molecule has 0 atom stereocenters. The number of nitrogens with zero attached hydrogens (tertiary/aromatic N) is 1. The molecule has 0 saturated carbocycles. The number of piperazine rings is 1. The smallest absolute Gasteiger partial charge is 0.119 e. The van der Waals surface area contributed by atoms with Gasteiger partial charge in [-0.25, -0.2) is 0 Å². The molecule has 0 unspecified atom stereocenters. The summed E-state index contributed by atoms with van der Waals surface area (Å²) < 4.78 is 5.68. The van der Waals surface area contributed by atoms with E-state index in [0.29, 0.717) is 5.92 Å². The summed E-state index contributed by atoms with van der Waals surface area (Å²) in [6.07, 6.45) is 0. The van der Waals surface area contributed by atoms with Crippen LogP contribution in [0.2, 0.25) is 0 Å². The quantitative estimate of drug-likeness (QED) is 0.910. The maximum absolute atomic E-state index is 5.68. The lowest BCUT2D eigenvalue weighted by atomic mass is 10.2. The van der Waals surface area contributed by atoms with E-state index < -0.39 is 0 Å².